The van der Waals surface area contributed by atoms with E-state index in [-0.39, 0.29) is 5.56 Å². The van der Waals surface area contributed by atoms with Crippen LogP contribution in [0.25, 0.3) is 0 Å². The number of hydrogen-bond acceptors (Lipinski definition) is 3. The van der Waals surface area contributed by atoms with E-state index in [1.165, 1.54) is 10.4 Å². The van der Waals surface area contributed by atoms with Crippen molar-refractivity contribution in [3.05, 3.63) is 53.9 Å². The molecular weight excluding hydrogens is 319 g/mol. The molecule has 0 aliphatic rings. The molecule has 0 amide bonds. The molecule has 1 aromatic heterocycles. The zero-order valence-corrected chi connectivity index (χ0v) is 14.2. The predicted molar refractivity (Wildman–Crippen MR) is 86.4 cm³/mol. The number of rotatable bonds is 7. The number of benzene rings is 1. The summed E-state index contributed by atoms with van der Waals surface area (Å²) >= 11 is 0. The van der Waals surface area contributed by atoms with E-state index >= 15 is 0 Å². The Morgan fingerprint density at radius 1 is 1.30 bits per heavy atom. The smallest absolute Gasteiger partial charge is 0.280 e. The Morgan fingerprint density at radius 3 is 2.48 bits per heavy atom. The lowest BCUT2D eigenvalue weighted by atomic mass is 10.1. The van der Waals surface area contributed by atoms with E-state index in [9.17, 15) is 12.8 Å². The van der Waals surface area contributed by atoms with Gasteiger partial charge >= 0.3 is 0 Å². The van der Waals surface area contributed by atoms with Crippen molar-refractivity contribution in [2.45, 2.75) is 19.9 Å². The van der Waals surface area contributed by atoms with Crippen LogP contribution in [0.3, 0.4) is 0 Å². The molecule has 0 fully saturated rings. The minimum atomic E-state index is -3.77. The fourth-order valence-electron chi connectivity index (χ4n) is 2.41. The van der Waals surface area contributed by atoms with Gasteiger partial charge in [0.15, 0.2) is 0 Å². The summed E-state index contributed by atoms with van der Waals surface area (Å²) in [5, 5.41) is 0. The molecule has 0 saturated carbocycles. The molecule has 1 atom stereocenters. The Hall–Kier alpha value is -1.77. The quantitative estimate of drug-likeness (QED) is 0.836. The number of nitrogens with zero attached hydrogens (tertiary/aromatic N) is 3. The second-order valence-electron chi connectivity index (χ2n) is 5.06. The van der Waals surface area contributed by atoms with Crippen LogP contribution in [-0.2, 0) is 17.3 Å². The number of hydrogen-bond donors (Lipinski definition) is 1. The van der Waals surface area contributed by atoms with Gasteiger partial charge in [0.05, 0.1) is 0 Å². The summed E-state index contributed by atoms with van der Waals surface area (Å²) in [4.78, 5) is 4.18. The minimum Gasteiger partial charge on any atom is -0.336 e. The van der Waals surface area contributed by atoms with E-state index in [2.05, 4.69) is 9.71 Å². The van der Waals surface area contributed by atoms with Gasteiger partial charge in [-0.25, -0.2) is 9.37 Å². The lowest BCUT2D eigenvalue weighted by Crippen LogP contribution is -2.43. The van der Waals surface area contributed by atoms with Crippen LogP contribution in [0.4, 0.5) is 4.39 Å². The zero-order chi connectivity index (χ0) is 17.0. The van der Waals surface area contributed by atoms with Crippen LogP contribution in [0.15, 0.2) is 36.7 Å². The molecule has 1 N–H and O–H groups in total. The minimum absolute atomic E-state index is 0.234. The van der Waals surface area contributed by atoms with Crippen LogP contribution in [0.2, 0.25) is 0 Å². The number of imidazole rings is 1. The normalized spacial score (nSPS) is 13.4. The molecule has 8 heteroatoms. The highest BCUT2D eigenvalue weighted by atomic mass is 32.2. The molecule has 0 saturated heterocycles. The maximum absolute atomic E-state index is 14.2. The van der Waals surface area contributed by atoms with E-state index in [1.807, 2.05) is 0 Å². The second-order valence-corrected chi connectivity index (χ2v) is 6.76. The zero-order valence-electron chi connectivity index (χ0n) is 13.4. The third-order valence-corrected chi connectivity index (χ3v) is 5.37. The van der Waals surface area contributed by atoms with Gasteiger partial charge in [0.2, 0.25) is 0 Å². The topological polar surface area (TPSA) is 67.2 Å². The van der Waals surface area contributed by atoms with Crippen molar-refractivity contribution in [3.8, 4) is 0 Å². The first-order chi connectivity index (χ1) is 10.9. The molecule has 2 rings (SSSR count). The Bertz CT molecular complexity index is 756. The van der Waals surface area contributed by atoms with Crippen molar-refractivity contribution in [1.82, 2.24) is 18.6 Å². The fourth-order valence-corrected chi connectivity index (χ4v) is 3.77. The molecule has 0 aliphatic heterocycles. The monoisotopic (exact) mass is 340 g/mol. The maximum Gasteiger partial charge on any atom is 0.280 e. The van der Waals surface area contributed by atoms with Gasteiger partial charge < -0.3 is 4.57 Å². The van der Waals surface area contributed by atoms with Gasteiger partial charge in [-0.05, 0) is 6.07 Å². The highest BCUT2D eigenvalue weighted by molar-refractivity contribution is 7.87. The summed E-state index contributed by atoms with van der Waals surface area (Å²) in [6.07, 6.45) is 3.24. The van der Waals surface area contributed by atoms with Crippen LogP contribution >= 0.6 is 0 Å². The van der Waals surface area contributed by atoms with E-state index in [1.54, 1.807) is 56.1 Å². The van der Waals surface area contributed by atoms with Crippen LogP contribution < -0.4 is 4.72 Å². The van der Waals surface area contributed by atoms with Crippen molar-refractivity contribution in [2.75, 3.05) is 13.1 Å². The third-order valence-electron chi connectivity index (χ3n) is 3.64. The average molecular weight is 340 g/mol. The van der Waals surface area contributed by atoms with E-state index in [4.69, 9.17) is 0 Å². The molecule has 23 heavy (non-hydrogen) atoms. The predicted octanol–water partition coefficient (Wildman–Crippen LogP) is 1.82. The maximum atomic E-state index is 14.2. The highest BCUT2D eigenvalue weighted by Gasteiger charge is 2.29. The summed E-state index contributed by atoms with van der Waals surface area (Å²) < 4.78 is 44.8. The molecule has 0 bridgehead atoms. The SMILES string of the molecule is CCN(CC)S(=O)(=O)NC(c1ccccc1F)c1nccn1C. The molecule has 2 aromatic rings. The van der Waals surface area contributed by atoms with Gasteiger partial charge in [-0.1, -0.05) is 32.0 Å². The van der Waals surface area contributed by atoms with Gasteiger partial charge in [-0.2, -0.15) is 17.4 Å². The van der Waals surface area contributed by atoms with E-state index in [0.717, 1.165) is 0 Å². The third kappa shape index (κ3) is 3.77. The second kappa shape index (κ2) is 7.20. The van der Waals surface area contributed by atoms with Crippen molar-refractivity contribution in [1.29, 1.82) is 0 Å². The fraction of sp³-hybridized carbons (Fsp3) is 0.400. The van der Waals surface area contributed by atoms with Gasteiger partial charge in [0.25, 0.3) is 10.2 Å². The molecule has 126 valence electrons. The first-order valence-electron chi connectivity index (χ1n) is 7.39. The average Bonchev–Trinajstić information content (AvgIpc) is 2.92. The standard InChI is InChI=1S/C15H21FN4O2S/c1-4-20(5-2)23(21,22)18-14(15-17-10-11-19(15)3)12-8-6-7-9-13(12)16/h6-11,14,18H,4-5H2,1-3H3. The summed E-state index contributed by atoms with van der Waals surface area (Å²) in [6.45, 7) is 4.16. The van der Waals surface area contributed by atoms with Crippen LogP contribution in [0, 0.1) is 5.82 Å². The van der Waals surface area contributed by atoms with Crippen molar-refractivity contribution >= 4 is 10.2 Å². The van der Waals surface area contributed by atoms with Gasteiger partial charge in [0, 0.05) is 38.1 Å². The Labute approximate surface area is 136 Å². The van der Waals surface area contributed by atoms with Crippen molar-refractivity contribution < 1.29 is 12.8 Å². The highest BCUT2D eigenvalue weighted by Crippen LogP contribution is 2.24. The molecule has 1 heterocycles. The van der Waals surface area contributed by atoms with Crippen molar-refractivity contribution in [2.24, 2.45) is 7.05 Å². The van der Waals surface area contributed by atoms with E-state index in [0.29, 0.717) is 18.9 Å². The summed E-state index contributed by atoms with van der Waals surface area (Å²) in [5.74, 6) is -0.0615. The molecule has 0 spiro atoms. The summed E-state index contributed by atoms with van der Waals surface area (Å²) in [6, 6.07) is 5.19. The van der Waals surface area contributed by atoms with Crippen LogP contribution in [-0.4, -0.2) is 35.4 Å². The molecule has 0 radical (unpaired) electrons. The van der Waals surface area contributed by atoms with E-state index < -0.39 is 22.1 Å². The van der Waals surface area contributed by atoms with Crippen LogP contribution in [0.5, 0.6) is 0 Å². The lowest BCUT2D eigenvalue weighted by molar-refractivity contribution is 0.427. The Balaban J connectivity index is 2.48. The molecule has 1 aromatic carbocycles. The largest absolute Gasteiger partial charge is 0.336 e. The number of halogens is 1. The number of aryl methyl sites for hydroxylation is 1. The van der Waals surface area contributed by atoms with Crippen molar-refractivity contribution in [3.63, 3.8) is 0 Å². The summed E-state index contributed by atoms with van der Waals surface area (Å²) in [7, 11) is -2.03. The number of nitrogens with one attached hydrogen (secondary N) is 1. The van der Waals surface area contributed by atoms with Gasteiger partial charge in [-0.15, -0.1) is 0 Å². The first-order valence-corrected chi connectivity index (χ1v) is 8.83. The number of aromatic nitrogens is 2. The van der Waals surface area contributed by atoms with Crippen LogP contribution in [0.1, 0.15) is 31.3 Å². The lowest BCUT2D eigenvalue weighted by Gasteiger charge is -2.24. The van der Waals surface area contributed by atoms with Gasteiger partial charge in [-0.3, -0.25) is 0 Å². The Kier molecular flexibility index (Phi) is 5.51. The molecule has 1 unspecified atom stereocenters. The van der Waals surface area contributed by atoms with Gasteiger partial charge in [0.1, 0.15) is 17.7 Å². The molecular formula is C15H21FN4O2S. The first kappa shape index (κ1) is 17.6. The molecule has 6 nitrogen and oxygen atoms in total. The summed E-state index contributed by atoms with van der Waals surface area (Å²) in [5.41, 5.74) is 0.234. The molecule has 0 aliphatic carbocycles. The Morgan fingerprint density at radius 2 is 1.96 bits per heavy atom.